The molecule has 14 heteroatoms. The SMILES string of the molecule is COCC(O)CN1CCC(Nc2cccc3c2cc(C#CCNc2ccc(SC)cc2OC(F)(F)F)n3CC(F)(F)F)CC1. The van der Waals surface area contributed by atoms with E-state index >= 15 is 0 Å². The number of fused-ring (bicyclic) bond motifs is 1. The molecular formula is C30H34F6N4O3S. The van der Waals surface area contributed by atoms with Crippen molar-refractivity contribution in [2.45, 2.75) is 49.0 Å². The smallest absolute Gasteiger partial charge is 0.404 e. The van der Waals surface area contributed by atoms with E-state index in [0.29, 0.717) is 28.0 Å². The third kappa shape index (κ3) is 9.62. The predicted octanol–water partition coefficient (Wildman–Crippen LogP) is 6.17. The number of nitrogens with zero attached hydrogens (tertiary/aromatic N) is 2. The van der Waals surface area contributed by atoms with E-state index in [2.05, 4.69) is 32.1 Å². The Balaban J connectivity index is 1.52. The fraction of sp³-hybridized carbons (Fsp3) is 0.467. The van der Waals surface area contributed by atoms with Gasteiger partial charge in [0.25, 0.3) is 0 Å². The number of ether oxygens (including phenoxy) is 2. The van der Waals surface area contributed by atoms with E-state index < -0.39 is 30.9 Å². The summed E-state index contributed by atoms with van der Waals surface area (Å²) < 4.78 is 89.7. The van der Waals surface area contributed by atoms with Crippen molar-refractivity contribution in [2.24, 2.45) is 0 Å². The summed E-state index contributed by atoms with van der Waals surface area (Å²) >= 11 is 1.25. The highest BCUT2D eigenvalue weighted by Crippen LogP contribution is 2.34. The molecule has 2 aromatic carbocycles. The first-order chi connectivity index (χ1) is 20.8. The standard InChI is InChI=1S/C30H34F6N4O3S/c1-42-18-22(41)17-39-13-10-20(11-14-39)38-25-6-3-7-27-24(25)15-21(40(27)19-29(31,32)33)5-4-12-37-26-9-8-23(44-2)16-28(26)43-30(34,35)36/h3,6-9,15-16,20,22,37-38,41H,10-14,17-19H2,1-2H3. The molecule has 4 rings (SSSR count). The monoisotopic (exact) mass is 644 g/mol. The van der Waals surface area contributed by atoms with Crippen molar-refractivity contribution in [3.05, 3.63) is 48.2 Å². The van der Waals surface area contributed by atoms with Gasteiger partial charge in [0, 0.05) is 48.8 Å². The number of aliphatic hydroxyl groups is 1. The molecule has 1 atom stereocenters. The molecule has 1 fully saturated rings. The van der Waals surface area contributed by atoms with Crippen molar-refractivity contribution in [2.75, 3.05) is 56.8 Å². The summed E-state index contributed by atoms with van der Waals surface area (Å²) in [6, 6.07) is 11.1. The molecule has 0 aliphatic carbocycles. The normalized spacial score (nSPS) is 15.6. The minimum atomic E-state index is -4.90. The Morgan fingerprint density at radius 2 is 1.82 bits per heavy atom. The number of halogens is 6. The van der Waals surface area contributed by atoms with Crippen LogP contribution < -0.4 is 15.4 Å². The number of likely N-dealkylation sites (tertiary alicyclic amines) is 1. The molecule has 1 aliphatic heterocycles. The molecule has 44 heavy (non-hydrogen) atoms. The van der Waals surface area contributed by atoms with E-state index in [0.717, 1.165) is 30.5 Å². The van der Waals surface area contributed by atoms with Gasteiger partial charge in [-0.05, 0) is 61.4 Å². The first kappa shape index (κ1) is 33.6. The van der Waals surface area contributed by atoms with E-state index in [1.165, 1.54) is 31.0 Å². The second kappa shape index (κ2) is 14.7. The highest BCUT2D eigenvalue weighted by molar-refractivity contribution is 7.98. The van der Waals surface area contributed by atoms with E-state index in [1.54, 1.807) is 30.5 Å². The number of nitrogens with one attached hydrogen (secondary N) is 2. The number of piperidine rings is 1. The van der Waals surface area contributed by atoms with Crippen molar-refractivity contribution >= 4 is 34.0 Å². The zero-order valence-corrected chi connectivity index (χ0v) is 25.0. The van der Waals surface area contributed by atoms with Crippen LogP contribution in [0.15, 0.2) is 47.4 Å². The zero-order chi connectivity index (χ0) is 31.9. The number of hydrogen-bond acceptors (Lipinski definition) is 7. The van der Waals surface area contributed by atoms with Crippen LogP contribution in [0, 0.1) is 11.8 Å². The molecule has 240 valence electrons. The van der Waals surface area contributed by atoms with Gasteiger partial charge in [-0.1, -0.05) is 12.0 Å². The molecular weight excluding hydrogens is 610 g/mol. The lowest BCUT2D eigenvalue weighted by Gasteiger charge is -2.34. The lowest BCUT2D eigenvalue weighted by atomic mass is 10.0. The Morgan fingerprint density at radius 1 is 1.07 bits per heavy atom. The lowest BCUT2D eigenvalue weighted by Crippen LogP contribution is -2.43. The van der Waals surface area contributed by atoms with Crippen LogP contribution >= 0.6 is 11.8 Å². The van der Waals surface area contributed by atoms with Crippen LogP contribution in [0.25, 0.3) is 10.9 Å². The van der Waals surface area contributed by atoms with Gasteiger partial charge in [0.15, 0.2) is 5.75 Å². The Bertz CT molecular complexity index is 1460. The topological polar surface area (TPSA) is 70.9 Å². The molecule has 3 aromatic rings. The Morgan fingerprint density at radius 3 is 2.48 bits per heavy atom. The summed E-state index contributed by atoms with van der Waals surface area (Å²) in [5, 5.41) is 16.8. The quantitative estimate of drug-likeness (QED) is 0.131. The largest absolute Gasteiger partial charge is 0.573 e. The molecule has 0 spiro atoms. The Kier molecular flexibility index (Phi) is 11.2. The molecule has 0 saturated carbocycles. The Hall–Kier alpha value is -3.25. The second-order valence-corrected chi connectivity index (χ2v) is 11.2. The van der Waals surface area contributed by atoms with E-state index in [4.69, 9.17) is 4.74 Å². The minimum Gasteiger partial charge on any atom is -0.404 e. The molecule has 0 amide bonds. The third-order valence-corrected chi connectivity index (χ3v) is 7.78. The number of β-amino-alcohol motifs (C(OH)–C–C–N with tert-alkyl or cyclic N) is 1. The Labute approximate surface area is 255 Å². The molecule has 0 bridgehead atoms. The second-order valence-electron chi connectivity index (χ2n) is 10.4. The van der Waals surface area contributed by atoms with Crippen molar-refractivity contribution in [1.29, 1.82) is 0 Å². The van der Waals surface area contributed by atoms with Gasteiger partial charge in [-0.3, -0.25) is 0 Å². The lowest BCUT2D eigenvalue weighted by molar-refractivity contribution is -0.274. The van der Waals surface area contributed by atoms with E-state index in [9.17, 15) is 31.4 Å². The van der Waals surface area contributed by atoms with E-state index in [-0.39, 0.29) is 30.6 Å². The van der Waals surface area contributed by atoms with Crippen molar-refractivity contribution in [1.82, 2.24) is 9.47 Å². The maximum Gasteiger partial charge on any atom is 0.573 e. The van der Waals surface area contributed by atoms with Gasteiger partial charge in [0.1, 0.15) is 6.54 Å². The van der Waals surface area contributed by atoms with Crippen LogP contribution in [-0.2, 0) is 11.3 Å². The molecule has 7 nitrogen and oxygen atoms in total. The molecule has 0 radical (unpaired) electrons. The summed E-state index contributed by atoms with van der Waals surface area (Å²) in [6.07, 6.45) is -6.68. The summed E-state index contributed by atoms with van der Waals surface area (Å²) in [5.74, 6) is 5.08. The molecule has 1 unspecified atom stereocenters. The maximum atomic E-state index is 13.6. The average Bonchev–Trinajstić information content (AvgIpc) is 3.28. The number of benzene rings is 2. The van der Waals surface area contributed by atoms with Crippen LogP contribution in [-0.4, -0.2) is 85.4 Å². The fourth-order valence-corrected chi connectivity index (χ4v) is 5.57. The first-order valence-electron chi connectivity index (χ1n) is 13.9. The highest BCUT2D eigenvalue weighted by Gasteiger charge is 2.32. The highest BCUT2D eigenvalue weighted by atomic mass is 32.2. The van der Waals surface area contributed by atoms with Crippen LogP contribution in [0.5, 0.6) is 5.75 Å². The average molecular weight is 645 g/mol. The zero-order valence-electron chi connectivity index (χ0n) is 24.2. The number of thioether (sulfide) groups is 1. The molecule has 3 N–H and O–H groups in total. The molecule has 1 aliphatic rings. The number of anilines is 2. The minimum absolute atomic E-state index is 0.0519. The van der Waals surface area contributed by atoms with Gasteiger partial charge >= 0.3 is 12.5 Å². The first-order valence-corrected chi connectivity index (χ1v) is 15.1. The van der Waals surface area contributed by atoms with Crippen LogP contribution in [0.1, 0.15) is 18.5 Å². The predicted molar refractivity (Wildman–Crippen MR) is 159 cm³/mol. The molecule has 1 saturated heterocycles. The number of rotatable bonds is 11. The van der Waals surface area contributed by atoms with Crippen LogP contribution in [0.2, 0.25) is 0 Å². The van der Waals surface area contributed by atoms with Crippen molar-refractivity contribution < 1.29 is 40.9 Å². The maximum absolute atomic E-state index is 13.6. The number of aliphatic hydroxyl groups excluding tert-OH is 1. The molecule has 2 heterocycles. The van der Waals surface area contributed by atoms with Gasteiger partial charge < -0.3 is 34.7 Å². The van der Waals surface area contributed by atoms with Crippen LogP contribution in [0.4, 0.5) is 37.7 Å². The third-order valence-electron chi connectivity index (χ3n) is 7.06. The summed E-state index contributed by atoms with van der Waals surface area (Å²) in [6.45, 7) is 0.886. The molecule has 1 aromatic heterocycles. The van der Waals surface area contributed by atoms with Crippen LogP contribution in [0.3, 0.4) is 0 Å². The number of aromatic nitrogens is 1. The van der Waals surface area contributed by atoms with Gasteiger partial charge in [-0.15, -0.1) is 24.9 Å². The van der Waals surface area contributed by atoms with Gasteiger partial charge in [-0.25, -0.2) is 0 Å². The van der Waals surface area contributed by atoms with Gasteiger partial charge in [0.2, 0.25) is 0 Å². The number of hydrogen-bond donors (Lipinski definition) is 3. The number of alkyl halides is 6. The van der Waals surface area contributed by atoms with Crippen molar-refractivity contribution in [3.8, 4) is 17.6 Å². The summed E-state index contributed by atoms with van der Waals surface area (Å²) in [7, 11) is 1.54. The van der Waals surface area contributed by atoms with E-state index in [1.807, 2.05) is 6.07 Å². The summed E-state index contributed by atoms with van der Waals surface area (Å²) in [5.41, 5.74) is 1.22. The van der Waals surface area contributed by atoms with Gasteiger partial charge in [-0.2, -0.15) is 13.2 Å². The van der Waals surface area contributed by atoms with Crippen molar-refractivity contribution in [3.63, 3.8) is 0 Å². The fourth-order valence-electron chi connectivity index (χ4n) is 5.15. The summed E-state index contributed by atoms with van der Waals surface area (Å²) in [4.78, 5) is 2.72. The van der Waals surface area contributed by atoms with Gasteiger partial charge in [0.05, 0.1) is 36.2 Å². The number of methoxy groups -OCH3 is 1.